The third-order valence-electron chi connectivity index (χ3n) is 5.77. The topological polar surface area (TPSA) is 23.6 Å². The fourth-order valence-electron chi connectivity index (χ4n) is 4.03. The van der Waals surface area contributed by atoms with E-state index in [4.69, 9.17) is 0 Å². The van der Waals surface area contributed by atoms with Crippen LogP contribution in [-0.4, -0.2) is 41.9 Å². The molecule has 4 rings (SSSR count). The van der Waals surface area contributed by atoms with Crippen molar-refractivity contribution < 1.29 is 4.79 Å². The maximum Gasteiger partial charge on any atom is 0.237 e. The van der Waals surface area contributed by atoms with Crippen LogP contribution in [0, 0.1) is 5.92 Å². The molecule has 0 radical (unpaired) electrons. The lowest BCUT2D eigenvalue weighted by molar-refractivity contribution is -0.133. The highest BCUT2D eigenvalue weighted by Gasteiger charge is 2.30. The molecule has 1 heterocycles. The number of likely N-dealkylation sites (N-methyl/N-ethyl adjacent to an activating group) is 1. The van der Waals surface area contributed by atoms with Gasteiger partial charge in [0.25, 0.3) is 0 Å². The highest BCUT2D eigenvalue weighted by Crippen LogP contribution is 2.34. The molecule has 1 atom stereocenters. The first kappa shape index (κ1) is 17.3. The van der Waals surface area contributed by atoms with Crippen molar-refractivity contribution >= 4 is 5.91 Å². The summed E-state index contributed by atoms with van der Waals surface area (Å²) in [4.78, 5) is 17.4. The Balaban J connectivity index is 1.53. The molecule has 1 aliphatic heterocycles. The zero-order chi connectivity index (χ0) is 17.9. The number of fused-ring (bicyclic) bond motifs is 1. The average Bonchev–Trinajstić information content (AvgIpc) is 3.51. The van der Waals surface area contributed by atoms with Gasteiger partial charge >= 0.3 is 0 Å². The van der Waals surface area contributed by atoms with Crippen LogP contribution < -0.4 is 0 Å². The summed E-state index contributed by atoms with van der Waals surface area (Å²) in [5, 5.41) is 0. The van der Waals surface area contributed by atoms with Crippen LogP contribution in [0.5, 0.6) is 0 Å². The molecule has 0 saturated heterocycles. The Hall–Kier alpha value is -2.13. The van der Waals surface area contributed by atoms with Crippen molar-refractivity contribution in [3.8, 4) is 0 Å². The fourth-order valence-corrected chi connectivity index (χ4v) is 4.03. The molecule has 0 spiro atoms. The van der Waals surface area contributed by atoms with Gasteiger partial charge in [-0.3, -0.25) is 9.69 Å². The summed E-state index contributed by atoms with van der Waals surface area (Å²) in [5.74, 6) is 1.36. The average molecular weight is 348 g/mol. The predicted molar refractivity (Wildman–Crippen MR) is 105 cm³/mol. The summed E-state index contributed by atoms with van der Waals surface area (Å²) >= 11 is 0. The zero-order valence-electron chi connectivity index (χ0n) is 15.6. The van der Waals surface area contributed by atoms with Crippen molar-refractivity contribution in [1.82, 2.24) is 9.80 Å². The Morgan fingerprint density at radius 1 is 1.08 bits per heavy atom. The lowest BCUT2D eigenvalue weighted by Crippen LogP contribution is -2.44. The van der Waals surface area contributed by atoms with Crippen LogP contribution in [0.15, 0.2) is 54.6 Å². The minimum atomic E-state index is 0.267. The minimum absolute atomic E-state index is 0.267. The summed E-state index contributed by atoms with van der Waals surface area (Å²) in [6.45, 7) is 6.26. The number of nitrogens with zero attached hydrogens (tertiary/aromatic N) is 2. The van der Waals surface area contributed by atoms with Gasteiger partial charge in [-0.15, -0.1) is 0 Å². The molecule has 1 saturated carbocycles. The second kappa shape index (κ2) is 7.63. The van der Waals surface area contributed by atoms with Crippen LogP contribution in [0.4, 0.5) is 0 Å². The second-order valence-corrected chi connectivity index (χ2v) is 7.71. The second-order valence-electron chi connectivity index (χ2n) is 7.71. The van der Waals surface area contributed by atoms with Gasteiger partial charge in [-0.25, -0.2) is 0 Å². The molecule has 0 bridgehead atoms. The zero-order valence-corrected chi connectivity index (χ0v) is 15.6. The molecule has 0 aromatic heterocycles. The monoisotopic (exact) mass is 348 g/mol. The van der Waals surface area contributed by atoms with Gasteiger partial charge in [-0.1, -0.05) is 61.5 Å². The molecule has 26 heavy (non-hydrogen) atoms. The van der Waals surface area contributed by atoms with Gasteiger partial charge in [-0.2, -0.15) is 0 Å². The first-order valence-corrected chi connectivity index (χ1v) is 9.87. The van der Waals surface area contributed by atoms with Crippen molar-refractivity contribution in [2.75, 3.05) is 26.2 Å². The highest BCUT2D eigenvalue weighted by atomic mass is 16.2. The Morgan fingerprint density at radius 3 is 2.54 bits per heavy atom. The summed E-state index contributed by atoms with van der Waals surface area (Å²) < 4.78 is 0. The van der Waals surface area contributed by atoms with Gasteiger partial charge in [0, 0.05) is 25.6 Å². The third-order valence-corrected chi connectivity index (χ3v) is 5.77. The predicted octanol–water partition coefficient (Wildman–Crippen LogP) is 3.89. The lowest BCUT2D eigenvalue weighted by atomic mass is 9.84. The molecule has 0 N–H and O–H groups in total. The molecule has 2 aliphatic rings. The number of carbonyl (C=O) groups is 1. The van der Waals surface area contributed by atoms with Crippen LogP contribution in [-0.2, 0) is 11.3 Å². The first-order chi connectivity index (χ1) is 12.7. The van der Waals surface area contributed by atoms with E-state index < -0.39 is 0 Å². The van der Waals surface area contributed by atoms with E-state index in [0.29, 0.717) is 6.54 Å². The molecule has 136 valence electrons. The van der Waals surface area contributed by atoms with Crippen molar-refractivity contribution in [1.29, 1.82) is 0 Å². The van der Waals surface area contributed by atoms with Gasteiger partial charge in [-0.05, 0) is 42.0 Å². The quantitative estimate of drug-likeness (QED) is 0.791. The largest absolute Gasteiger partial charge is 0.336 e. The fraction of sp³-hybridized carbons (Fsp3) is 0.435. The number of hydrogen-bond acceptors (Lipinski definition) is 2. The molecular formula is C23H28N2O. The third kappa shape index (κ3) is 3.83. The van der Waals surface area contributed by atoms with Crippen molar-refractivity contribution in [2.45, 2.75) is 32.2 Å². The lowest BCUT2D eigenvalue weighted by Gasteiger charge is -2.36. The Kier molecular flexibility index (Phi) is 5.07. The standard InChI is InChI=1S/C23H28N2O/c1-2-24(14-18-12-13-18)17-23(26)25-15-20-10-6-7-11-21(20)22(16-25)19-8-4-3-5-9-19/h3-11,18,22H,2,12-17H2,1H3. The number of rotatable bonds is 6. The SMILES string of the molecule is CCN(CC(=O)N1Cc2ccccc2C(c2ccccc2)C1)CC1CC1. The molecule has 1 unspecified atom stereocenters. The molecule has 3 heteroatoms. The van der Waals surface area contributed by atoms with Crippen LogP contribution >= 0.6 is 0 Å². The van der Waals surface area contributed by atoms with Gasteiger partial charge in [0.15, 0.2) is 0 Å². The van der Waals surface area contributed by atoms with Crippen molar-refractivity contribution in [3.63, 3.8) is 0 Å². The van der Waals surface area contributed by atoms with Crippen LogP contribution in [0.2, 0.25) is 0 Å². The van der Waals surface area contributed by atoms with E-state index in [-0.39, 0.29) is 11.8 Å². The molecular weight excluding hydrogens is 320 g/mol. The van der Waals surface area contributed by atoms with E-state index in [1.807, 2.05) is 0 Å². The van der Waals surface area contributed by atoms with E-state index in [0.717, 1.165) is 32.1 Å². The van der Waals surface area contributed by atoms with Gasteiger partial charge in [0.1, 0.15) is 0 Å². The minimum Gasteiger partial charge on any atom is -0.336 e. The van der Waals surface area contributed by atoms with E-state index >= 15 is 0 Å². The smallest absolute Gasteiger partial charge is 0.237 e. The van der Waals surface area contributed by atoms with E-state index in [9.17, 15) is 4.79 Å². The van der Waals surface area contributed by atoms with Gasteiger partial charge < -0.3 is 4.90 Å². The van der Waals surface area contributed by atoms with E-state index in [1.165, 1.54) is 29.5 Å². The van der Waals surface area contributed by atoms with Crippen molar-refractivity contribution in [3.05, 3.63) is 71.3 Å². The number of amides is 1. The maximum atomic E-state index is 13.0. The molecule has 1 amide bonds. The molecule has 2 aromatic carbocycles. The van der Waals surface area contributed by atoms with Gasteiger partial charge in [0.2, 0.25) is 5.91 Å². The highest BCUT2D eigenvalue weighted by molar-refractivity contribution is 5.79. The number of benzene rings is 2. The molecule has 1 fully saturated rings. The normalized spacial score (nSPS) is 19.5. The summed E-state index contributed by atoms with van der Waals surface area (Å²) in [7, 11) is 0. The van der Waals surface area contributed by atoms with E-state index in [2.05, 4.69) is 71.3 Å². The number of carbonyl (C=O) groups excluding carboxylic acids is 1. The first-order valence-electron chi connectivity index (χ1n) is 9.87. The Bertz CT molecular complexity index is 754. The van der Waals surface area contributed by atoms with E-state index in [1.54, 1.807) is 0 Å². The Morgan fingerprint density at radius 2 is 1.81 bits per heavy atom. The summed E-state index contributed by atoms with van der Waals surface area (Å²) in [6, 6.07) is 19.2. The summed E-state index contributed by atoms with van der Waals surface area (Å²) in [6.07, 6.45) is 2.66. The maximum absolute atomic E-state index is 13.0. The van der Waals surface area contributed by atoms with Crippen LogP contribution in [0.1, 0.15) is 42.4 Å². The summed E-state index contributed by atoms with van der Waals surface area (Å²) in [5.41, 5.74) is 3.95. The van der Waals surface area contributed by atoms with Crippen molar-refractivity contribution in [2.24, 2.45) is 5.92 Å². The molecule has 2 aromatic rings. The van der Waals surface area contributed by atoms with Crippen LogP contribution in [0.25, 0.3) is 0 Å². The Labute approximate surface area is 156 Å². The van der Waals surface area contributed by atoms with Gasteiger partial charge in [0.05, 0.1) is 6.54 Å². The van der Waals surface area contributed by atoms with Crippen LogP contribution in [0.3, 0.4) is 0 Å². The molecule has 1 aliphatic carbocycles. The number of hydrogen-bond donors (Lipinski definition) is 0. The molecule has 3 nitrogen and oxygen atoms in total.